The molecule has 1 aliphatic rings. The van der Waals surface area contributed by atoms with Crippen molar-refractivity contribution in [3.05, 3.63) is 94.8 Å². The second-order valence-electron chi connectivity index (χ2n) is 11.3. The fourth-order valence-electron chi connectivity index (χ4n) is 5.17. The zero-order valence-electron chi connectivity index (χ0n) is 24.1. The van der Waals surface area contributed by atoms with Crippen LogP contribution >= 0.6 is 0 Å². The molecule has 0 radical (unpaired) electrons. The number of carbonyl (C=O) groups is 2. The summed E-state index contributed by atoms with van der Waals surface area (Å²) in [6.45, 7) is 3.15. The van der Waals surface area contributed by atoms with E-state index in [4.69, 9.17) is 11.0 Å². The number of nitrogens with one attached hydrogen (secondary N) is 2. The SMILES string of the molecule is CC(C)[C@H](N[C@@H](c1ccc(-c2ccc(C3(C(N)=O)CC3)cc2)cc1)C(F)(F)F)C(=O)NC(C#N)Cc1ccc(C#N)cc1F. The molecule has 4 N–H and O–H groups in total. The van der Waals surface area contributed by atoms with E-state index in [-0.39, 0.29) is 29.0 Å². The molecule has 11 heteroatoms. The van der Waals surface area contributed by atoms with Crippen LogP contribution in [0.2, 0.25) is 0 Å². The van der Waals surface area contributed by atoms with Gasteiger partial charge in [0.25, 0.3) is 0 Å². The summed E-state index contributed by atoms with van der Waals surface area (Å²) in [6, 6.07) is 15.6. The van der Waals surface area contributed by atoms with Crippen LogP contribution in [0.4, 0.5) is 17.6 Å². The highest BCUT2D eigenvalue weighted by atomic mass is 19.4. The Hall–Kier alpha value is -4.74. The van der Waals surface area contributed by atoms with Crippen molar-refractivity contribution in [2.75, 3.05) is 0 Å². The number of primary amides is 1. The predicted molar refractivity (Wildman–Crippen MR) is 155 cm³/mol. The Kier molecular flexibility index (Phi) is 9.41. The smallest absolute Gasteiger partial charge is 0.369 e. The maximum absolute atomic E-state index is 14.4. The summed E-state index contributed by atoms with van der Waals surface area (Å²) in [4.78, 5) is 25.0. The number of benzene rings is 3. The average molecular weight is 606 g/mol. The monoisotopic (exact) mass is 605 g/mol. The van der Waals surface area contributed by atoms with E-state index >= 15 is 0 Å². The Balaban J connectivity index is 1.49. The fourth-order valence-corrected chi connectivity index (χ4v) is 5.17. The summed E-state index contributed by atoms with van der Waals surface area (Å²) in [6.07, 6.45) is -3.63. The van der Waals surface area contributed by atoms with Gasteiger partial charge in [-0.15, -0.1) is 0 Å². The van der Waals surface area contributed by atoms with Crippen molar-refractivity contribution in [2.45, 2.75) is 62.8 Å². The first-order chi connectivity index (χ1) is 20.8. The number of nitrogens with two attached hydrogens (primary N) is 1. The van der Waals surface area contributed by atoms with Gasteiger partial charge in [-0.25, -0.2) is 4.39 Å². The highest BCUT2D eigenvalue weighted by molar-refractivity contribution is 5.90. The molecule has 3 atom stereocenters. The minimum atomic E-state index is -4.76. The molecule has 0 heterocycles. The molecule has 0 bridgehead atoms. The lowest BCUT2D eigenvalue weighted by molar-refractivity contribution is -0.161. The van der Waals surface area contributed by atoms with Crippen molar-refractivity contribution < 1.29 is 27.2 Å². The van der Waals surface area contributed by atoms with Gasteiger partial charge in [-0.05, 0) is 58.7 Å². The van der Waals surface area contributed by atoms with Crippen molar-refractivity contribution >= 4 is 11.8 Å². The standard InChI is InChI=1S/C33H31F4N5O2/c1-19(2)28(30(43)41-26(18-39)16-24-4-3-20(17-38)15-27(24)34)42-29(33(35,36)37)23-7-5-21(6-8-23)22-9-11-25(12-10-22)32(13-14-32)31(40)44/h3-12,15,19,26,28-29,42H,13-14,16H2,1-2H3,(H2,40,44)(H,41,43)/t26?,28-,29-/m0/s1. The number of amides is 2. The first-order valence-electron chi connectivity index (χ1n) is 14.0. The van der Waals surface area contributed by atoms with Crippen molar-refractivity contribution in [3.63, 3.8) is 0 Å². The van der Waals surface area contributed by atoms with E-state index in [1.54, 1.807) is 56.3 Å². The third-order valence-electron chi connectivity index (χ3n) is 7.94. The van der Waals surface area contributed by atoms with E-state index in [9.17, 15) is 32.4 Å². The number of rotatable bonds is 11. The van der Waals surface area contributed by atoms with E-state index < -0.39 is 47.4 Å². The van der Waals surface area contributed by atoms with Gasteiger partial charge in [0.05, 0.1) is 29.2 Å². The molecule has 0 saturated heterocycles. The van der Waals surface area contributed by atoms with Crippen LogP contribution in [-0.2, 0) is 21.4 Å². The molecular formula is C33H31F4N5O2. The molecule has 3 aromatic rings. The Bertz CT molecular complexity index is 1600. The van der Waals surface area contributed by atoms with Crippen LogP contribution in [0.25, 0.3) is 11.1 Å². The molecule has 0 aromatic heterocycles. The van der Waals surface area contributed by atoms with Gasteiger partial charge >= 0.3 is 6.18 Å². The molecule has 0 aliphatic heterocycles. The Morgan fingerprint density at radius 1 is 0.977 bits per heavy atom. The molecule has 1 aliphatic carbocycles. The Morgan fingerprint density at radius 2 is 1.57 bits per heavy atom. The topological polar surface area (TPSA) is 132 Å². The summed E-state index contributed by atoms with van der Waals surface area (Å²) in [5.74, 6) is -2.54. The van der Waals surface area contributed by atoms with Crippen molar-refractivity contribution in [1.29, 1.82) is 10.5 Å². The Morgan fingerprint density at radius 3 is 2.02 bits per heavy atom. The number of hydrogen-bond donors (Lipinski definition) is 3. The lowest BCUT2D eigenvalue weighted by Crippen LogP contribution is -2.53. The summed E-state index contributed by atoms with van der Waals surface area (Å²) < 4.78 is 57.3. The number of halogens is 4. The molecule has 7 nitrogen and oxygen atoms in total. The van der Waals surface area contributed by atoms with E-state index in [2.05, 4.69) is 10.6 Å². The van der Waals surface area contributed by atoms with Gasteiger partial charge in [0.15, 0.2) is 0 Å². The van der Waals surface area contributed by atoms with Gasteiger partial charge < -0.3 is 11.1 Å². The highest BCUT2D eigenvalue weighted by Gasteiger charge is 2.50. The molecule has 44 heavy (non-hydrogen) atoms. The van der Waals surface area contributed by atoms with Gasteiger partial charge in [0.1, 0.15) is 17.9 Å². The van der Waals surface area contributed by atoms with Crippen LogP contribution in [0, 0.1) is 34.4 Å². The van der Waals surface area contributed by atoms with Gasteiger partial charge in [-0.2, -0.15) is 23.7 Å². The number of nitrogens with zero attached hydrogens (tertiary/aromatic N) is 2. The molecule has 1 fully saturated rings. The second kappa shape index (κ2) is 12.9. The molecule has 1 unspecified atom stereocenters. The minimum absolute atomic E-state index is 0.0766. The van der Waals surface area contributed by atoms with Gasteiger partial charge in [0, 0.05) is 6.42 Å². The summed E-state index contributed by atoms with van der Waals surface area (Å²) in [7, 11) is 0. The van der Waals surface area contributed by atoms with E-state index in [0.29, 0.717) is 18.4 Å². The quantitative estimate of drug-likeness (QED) is 0.254. The van der Waals surface area contributed by atoms with Crippen LogP contribution < -0.4 is 16.4 Å². The molecular weight excluding hydrogens is 574 g/mol. The molecule has 4 rings (SSSR count). The Labute approximate surface area is 252 Å². The van der Waals surface area contributed by atoms with Crippen molar-refractivity contribution in [3.8, 4) is 23.3 Å². The van der Waals surface area contributed by atoms with E-state index in [0.717, 1.165) is 17.2 Å². The third-order valence-corrected chi connectivity index (χ3v) is 7.94. The fraction of sp³-hybridized carbons (Fsp3) is 0.333. The van der Waals surface area contributed by atoms with E-state index in [1.165, 1.54) is 24.3 Å². The summed E-state index contributed by atoms with van der Waals surface area (Å²) >= 11 is 0. The number of nitriles is 2. The third kappa shape index (κ3) is 7.07. The van der Waals surface area contributed by atoms with E-state index in [1.807, 2.05) is 6.07 Å². The second-order valence-corrected chi connectivity index (χ2v) is 11.3. The number of hydrogen-bond acceptors (Lipinski definition) is 5. The van der Waals surface area contributed by atoms with Crippen LogP contribution in [0.1, 0.15) is 55.0 Å². The number of alkyl halides is 3. The van der Waals surface area contributed by atoms with Crippen LogP contribution in [0.15, 0.2) is 66.7 Å². The highest BCUT2D eigenvalue weighted by Crippen LogP contribution is 2.48. The minimum Gasteiger partial charge on any atom is -0.369 e. The molecule has 228 valence electrons. The van der Waals surface area contributed by atoms with Crippen LogP contribution in [0.3, 0.4) is 0 Å². The van der Waals surface area contributed by atoms with Crippen LogP contribution in [-0.4, -0.2) is 30.1 Å². The van der Waals surface area contributed by atoms with Crippen molar-refractivity contribution in [1.82, 2.24) is 10.6 Å². The van der Waals surface area contributed by atoms with Crippen molar-refractivity contribution in [2.24, 2.45) is 11.7 Å². The van der Waals surface area contributed by atoms with Gasteiger partial charge in [-0.1, -0.05) is 68.4 Å². The maximum atomic E-state index is 14.4. The zero-order valence-corrected chi connectivity index (χ0v) is 24.1. The lowest BCUT2D eigenvalue weighted by Gasteiger charge is -2.30. The number of carbonyl (C=O) groups excluding carboxylic acids is 2. The molecule has 2 amide bonds. The lowest BCUT2D eigenvalue weighted by atomic mass is 9.92. The summed E-state index contributed by atoms with van der Waals surface area (Å²) in [5.41, 5.74) is 7.18. The van der Waals surface area contributed by atoms with Gasteiger partial charge in [-0.3, -0.25) is 14.9 Å². The average Bonchev–Trinajstić information content (AvgIpc) is 3.80. The first kappa shape index (κ1) is 32.2. The molecule has 0 spiro atoms. The molecule has 1 saturated carbocycles. The maximum Gasteiger partial charge on any atom is 0.407 e. The normalized spacial score (nSPS) is 15.8. The first-order valence-corrected chi connectivity index (χ1v) is 14.0. The largest absolute Gasteiger partial charge is 0.407 e. The zero-order chi connectivity index (χ0) is 32.2. The van der Waals surface area contributed by atoms with Crippen LogP contribution in [0.5, 0.6) is 0 Å². The predicted octanol–water partition coefficient (Wildman–Crippen LogP) is 5.35. The summed E-state index contributed by atoms with van der Waals surface area (Å²) in [5, 5.41) is 23.4. The van der Waals surface area contributed by atoms with Gasteiger partial charge in [0.2, 0.25) is 11.8 Å². The molecule has 3 aromatic carbocycles.